The van der Waals surface area contributed by atoms with Crippen molar-refractivity contribution in [3.05, 3.63) is 0 Å². The Morgan fingerprint density at radius 2 is 2.06 bits per heavy atom. The molecule has 1 aliphatic carbocycles. The standard InChI is InChI=1S/C14H24O2/c1-4-5-6-7-13(15)14(16-3)10-8-12(2)9-11-14/h12-13,15H,6-11H2,1-3H3. The molecule has 0 saturated heterocycles. The van der Waals surface area contributed by atoms with Gasteiger partial charge >= 0.3 is 0 Å². The summed E-state index contributed by atoms with van der Waals surface area (Å²) in [5.41, 5.74) is -0.304. The van der Waals surface area contributed by atoms with E-state index in [0.29, 0.717) is 0 Å². The quantitative estimate of drug-likeness (QED) is 0.744. The number of rotatable bonds is 4. The fraction of sp³-hybridized carbons (Fsp3) is 0.857. The molecule has 1 atom stereocenters. The minimum absolute atomic E-state index is 0.304. The van der Waals surface area contributed by atoms with E-state index < -0.39 is 0 Å². The highest BCUT2D eigenvalue weighted by Gasteiger charge is 2.40. The topological polar surface area (TPSA) is 29.5 Å². The Morgan fingerprint density at radius 1 is 1.44 bits per heavy atom. The first-order valence-corrected chi connectivity index (χ1v) is 6.27. The van der Waals surface area contributed by atoms with E-state index in [9.17, 15) is 5.11 Å². The van der Waals surface area contributed by atoms with Crippen molar-refractivity contribution in [2.45, 2.75) is 64.1 Å². The first-order valence-electron chi connectivity index (χ1n) is 6.27. The van der Waals surface area contributed by atoms with Crippen molar-refractivity contribution >= 4 is 0 Å². The van der Waals surface area contributed by atoms with Gasteiger partial charge in [0.2, 0.25) is 0 Å². The van der Waals surface area contributed by atoms with Crippen LogP contribution < -0.4 is 0 Å². The van der Waals surface area contributed by atoms with Gasteiger partial charge < -0.3 is 9.84 Å². The molecule has 1 aliphatic rings. The zero-order chi connectivity index (χ0) is 12.0. The third-order valence-electron chi connectivity index (χ3n) is 3.85. The largest absolute Gasteiger partial charge is 0.390 e. The number of aliphatic hydroxyl groups excluding tert-OH is 1. The number of methoxy groups -OCH3 is 1. The second-order valence-corrected chi connectivity index (χ2v) is 4.93. The summed E-state index contributed by atoms with van der Waals surface area (Å²) in [5, 5.41) is 10.2. The van der Waals surface area contributed by atoms with Gasteiger partial charge in [-0.3, -0.25) is 0 Å². The van der Waals surface area contributed by atoms with Gasteiger partial charge in [0.1, 0.15) is 0 Å². The van der Waals surface area contributed by atoms with Crippen LogP contribution in [-0.2, 0) is 4.74 Å². The molecule has 0 amide bonds. The first-order chi connectivity index (χ1) is 7.64. The zero-order valence-electron chi connectivity index (χ0n) is 10.8. The van der Waals surface area contributed by atoms with Gasteiger partial charge in [-0.1, -0.05) is 6.92 Å². The van der Waals surface area contributed by atoms with Gasteiger partial charge in [-0.05, 0) is 44.9 Å². The van der Waals surface area contributed by atoms with Crippen molar-refractivity contribution in [3.8, 4) is 11.8 Å². The molecule has 2 heteroatoms. The average Bonchev–Trinajstić information content (AvgIpc) is 2.31. The molecule has 0 aromatic rings. The molecule has 0 aromatic heterocycles. The van der Waals surface area contributed by atoms with E-state index >= 15 is 0 Å². The summed E-state index contributed by atoms with van der Waals surface area (Å²) in [6, 6.07) is 0. The van der Waals surface area contributed by atoms with Crippen LogP contribution in [0.3, 0.4) is 0 Å². The summed E-state index contributed by atoms with van der Waals surface area (Å²) in [7, 11) is 1.73. The predicted octanol–water partition coefficient (Wildman–Crippen LogP) is 2.75. The fourth-order valence-corrected chi connectivity index (χ4v) is 2.52. The van der Waals surface area contributed by atoms with Crippen LogP contribution in [0.2, 0.25) is 0 Å². The summed E-state index contributed by atoms with van der Waals surface area (Å²) >= 11 is 0. The predicted molar refractivity (Wildman–Crippen MR) is 66.1 cm³/mol. The molecular formula is C14H24O2. The first kappa shape index (κ1) is 13.5. The Morgan fingerprint density at radius 3 is 2.56 bits per heavy atom. The molecule has 1 rings (SSSR count). The highest BCUT2D eigenvalue weighted by atomic mass is 16.5. The summed E-state index contributed by atoms with van der Waals surface area (Å²) in [6.45, 7) is 4.11. The normalized spacial score (nSPS) is 31.6. The second-order valence-electron chi connectivity index (χ2n) is 4.93. The van der Waals surface area contributed by atoms with Gasteiger partial charge in [0, 0.05) is 13.5 Å². The van der Waals surface area contributed by atoms with Crippen molar-refractivity contribution < 1.29 is 9.84 Å². The average molecular weight is 224 g/mol. The third kappa shape index (κ3) is 3.23. The lowest BCUT2D eigenvalue weighted by molar-refractivity contribution is -0.129. The molecule has 92 valence electrons. The van der Waals surface area contributed by atoms with E-state index in [1.807, 2.05) is 6.92 Å². The van der Waals surface area contributed by atoms with Crippen LogP contribution >= 0.6 is 0 Å². The van der Waals surface area contributed by atoms with E-state index in [0.717, 1.165) is 44.4 Å². The number of ether oxygens (including phenoxy) is 1. The van der Waals surface area contributed by atoms with Gasteiger partial charge in [0.25, 0.3) is 0 Å². The van der Waals surface area contributed by atoms with Gasteiger partial charge in [0.05, 0.1) is 11.7 Å². The molecule has 0 aromatic carbocycles. The van der Waals surface area contributed by atoms with E-state index in [1.165, 1.54) is 0 Å². The SMILES string of the molecule is CC#CCCC(O)C1(OC)CCC(C)CC1. The lowest BCUT2D eigenvalue weighted by atomic mass is 9.75. The Bertz CT molecular complexity index is 254. The molecular weight excluding hydrogens is 200 g/mol. The maximum atomic E-state index is 10.2. The van der Waals surface area contributed by atoms with Gasteiger partial charge in [0.15, 0.2) is 0 Å². The maximum Gasteiger partial charge on any atom is 0.0936 e. The van der Waals surface area contributed by atoms with Crippen LogP contribution in [0.15, 0.2) is 0 Å². The lowest BCUT2D eigenvalue weighted by Crippen LogP contribution is -2.46. The van der Waals surface area contributed by atoms with Gasteiger partial charge in [-0.2, -0.15) is 0 Å². The van der Waals surface area contributed by atoms with E-state index in [4.69, 9.17) is 4.74 Å². The van der Waals surface area contributed by atoms with Crippen LogP contribution in [0.1, 0.15) is 52.4 Å². The molecule has 1 fully saturated rings. The van der Waals surface area contributed by atoms with Gasteiger partial charge in [-0.15, -0.1) is 11.8 Å². The van der Waals surface area contributed by atoms with E-state index in [1.54, 1.807) is 7.11 Å². The number of aliphatic hydroxyl groups is 1. The van der Waals surface area contributed by atoms with Crippen molar-refractivity contribution in [1.82, 2.24) is 0 Å². The molecule has 1 saturated carbocycles. The summed E-state index contributed by atoms with van der Waals surface area (Å²) < 4.78 is 5.62. The second kappa shape index (κ2) is 6.27. The summed E-state index contributed by atoms with van der Waals surface area (Å²) in [5.74, 6) is 6.63. The fourth-order valence-electron chi connectivity index (χ4n) is 2.52. The zero-order valence-corrected chi connectivity index (χ0v) is 10.8. The molecule has 16 heavy (non-hydrogen) atoms. The summed E-state index contributed by atoms with van der Waals surface area (Å²) in [6.07, 6.45) is 5.39. The van der Waals surface area contributed by atoms with Crippen LogP contribution in [0.4, 0.5) is 0 Å². The van der Waals surface area contributed by atoms with Gasteiger partial charge in [-0.25, -0.2) is 0 Å². The molecule has 0 heterocycles. The summed E-state index contributed by atoms with van der Waals surface area (Å²) in [4.78, 5) is 0. The molecule has 1 unspecified atom stereocenters. The molecule has 0 spiro atoms. The molecule has 0 aliphatic heterocycles. The number of hydrogen-bond acceptors (Lipinski definition) is 2. The number of hydrogen-bond donors (Lipinski definition) is 1. The van der Waals surface area contributed by atoms with Crippen LogP contribution in [-0.4, -0.2) is 23.9 Å². The van der Waals surface area contributed by atoms with Crippen LogP contribution in [0, 0.1) is 17.8 Å². The highest BCUT2D eigenvalue weighted by Crippen LogP contribution is 2.37. The van der Waals surface area contributed by atoms with E-state index in [2.05, 4.69) is 18.8 Å². The lowest BCUT2D eigenvalue weighted by Gasteiger charge is -2.41. The molecule has 1 N–H and O–H groups in total. The Labute approximate surface area is 99.4 Å². The van der Waals surface area contributed by atoms with Crippen molar-refractivity contribution in [1.29, 1.82) is 0 Å². The highest BCUT2D eigenvalue weighted by molar-refractivity contribution is 4.98. The van der Waals surface area contributed by atoms with E-state index in [-0.39, 0.29) is 11.7 Å². The third-order valence-corrected chi connectivity index (χ3v) is 3.85. The van der Waals surface area contributed by atoms with Crippen LogP contribution in [0.25, 0.3) is 0 Å². The Balaban J connectivity index is 2.53. The Hall–Kier alpha value is -0.520. The van der Waals surface area contributed by atoms with Crippen LogP contribution in [0.5, 0.6) is 0 Å². The smallest absolute Gasteiger partial charge is 0.0936 e. The van der Waals surface area contributed by atoms with Crippen molar-refractivity contribution in [2.75, 3.05) is 7.11 Å². The van der Waals surface area contributed by atoms with Crippen molar-refractivity contribution in [2.24, 2.45) is 5.92 Å². The minimum Gasteiger partial charge on any atom is -0.390 e. The monoisotopic (exact) mass is 224 g/mol. The Kier molecular flexibility index (Phi) is 5.31. The molecule has 0 bridgehead atoms. The van der Waals surface area contributed by atoms with Crippen molar-refractivity contribution in [3.63, 3.8) is 0 Å². The molecule has 0 radical (unpaired) electrons. The minimum atomic E-state index is -0.370. The molecule has 2 nitrogen and oxygen atoms in total. The maximum absolute atomic E-state index is 10.2.